The van der Waals surface area contributed by atoms with Crippen LogP contribution in [0.3, 0.4) is 0 Å². The number of phenolic OH excluding ortho intramolecular Hbond substituents is 1. The predicted octanol–water partition coefficient (Wildman–Crippen LogP) is 3.44. The number of rotatable bonds is 4. The molecule has 5 rings (SSSR count). The van der Waals surface area contributed by atoms with E-state index in [0.717, 1.165) is 35.5 Å². The first-order valence-electron chi connectivity index (χ1n) is 12.1. The Bertz CT molecular complexity index is 1050. The largest absolute Gasteiger partial charge is 0.508 e. The Labute approximate surface area is 200 Å². The van der Waals surface area contributed by atoms with Gasteiger partial charge in [0, 0.05) is 36.6 Å². The number of phenols is 1. The van der Waals surface area contributed by atoms with E-state index in [-0.39, 0.29) is 35.7 Å². The highest BCUT2D eigenvalue weighted by atomic mass is 16.5. The number of carbonyl (C=O) groups excluding carboxylic acids is 1. The Hall–Kier alpha value is -2.77. The first-order valence-corrected chi connectivity index (χ1v) is 12.1. The molecule has 0 radical (unpaired) electrons. The minimum atomic E-state index is -0.602. The first kappa shape index (κ1) is 23.0. The second-order valence-corrected chi connectivity index (χ2v) is 10.4. The Morgan fingerprint density at radius 3 is 2.76 bits per heavy atom. The molecular weight excluding hydrogens is 432 g/mol. The van der Waals surface area contributed by atoms with Crippen LogP contribution in [0.5, 0.6) is 17.2 Å². The van der Waals surface area contributed by atoms with Crippen LogP contribution in [0, 0.1) is 11.8 Å². The topological polar surface area (TPSA) is 94.3 Å². The van der Waals surface area contributed by atoms with Crippen molar-refractivity contribution in [1.82, 2.24) is 4.90 Å². The summed E-state index contributed by atoms with van der Waals surface area (Å²) in [5.74, 6) is 2.23. The highest BCUT2D eigenvalue weighted by Gasteiger charge is 2.51. The molecule has 34 heavy (non-hydrogen) atoms. The standard InChI is InChI=1S/C27H34N2O5/c1-27(2)21-13-17-15-29(26(31)22(28)12-16-4-6-18(30)7-5-16)11-10-23(17)33-25(21)20-9-8-19(32-3)14-24(20)34-27/h4-9,14,17,21-23,25,30H,10-13,15,28H2,1-3H3/t17-,21+,22+,23+,25-/m1/s1. The molecule has 2 aromatic carbocycles. The summed E-state index contributed by atoms with van der Waals surface area (Å²) in [6.07, 6.45) is 2.28. The van der Waals surface area contributed by atoms with Crippen molar-refractivity contribution >= 4 is 5.91 Å². The number of nitrogens with zero attached hydrogens (tertiary/aromatic N) is 1. The molecule has 7 heteroatoms. The Balaban J connectivity index is 1.28. The molecule has 2 saturated heterocycles. The maximum atomic E-state index is 13.2. The Kier molecular flexibility index (Phi) is 5.94. The van der Waals surface area contributed by atoms with Crippen LogP contribution in [0.25, 0.3) is 0 Å². The van der Waals surface area contributed by atoms with E-state index in [1.165, 1.54) is 0 Å². The van der Waals surface area contributed by atoms with Gasteiger partial charge in [-0.15, -0.1) is 0 Å². The normalized spacial score (nSPS) is 28.1. The average Bonchev–Trinajstić information content (AvgIpc) is 2.83. The van der Waals surface area contributed by atoms with Gasteiger partial charge in [0.2, 0.25) is 5.91 Å². The fraction of sp³-hybridized carbons (Fsp3) is 0.519. The fourth-order valence-electron chi connectivity index (χ4n) is 5.82. The van der Waals surface area contributed by atoms with Crippen LogP contribution in [0.4, 0.5) is 0 Å². The number of methoxy groups -OCH3 is 1. The Morgan fingerprint density at radius 1 is 1.26 bits per heavy atom. The van der Waals surface area contributed by atoms with Crippen LogP contribution < -0.4 is 15.2 Å². The van der Waals surface area contributed by atoms with Gasteiger partial charge in [0.15, 0.2) is 0 Å². The van der Waals surface area contributed by atoms with Crippen molar-refractivity contribution in [3.63, 3.8) is 0 Å². The van der Waals surface area contributed by atoms with Gasteiger partial charge < -0.3 is 30.0 Å². The van der Waals surface area contributed by atoms with Crippen LogP contribution in [0.2, 0.25) is 0 Å². The van der Waals surface area contributed by atoms with E-state index >= 15 is 0 Å². The van der Waals surface area contributed by atoms with Crippen LogP contribution in [0.1, 0.15) is 43.9 Å². The average molecular weight is 467 g/mol. The van der Waals surface area contributed by atoms with Gasteiger partial charge in [-0.3, -0.25) is 4.79 Å². The van der Waals surface area contributed by atoms with Gasteiger partial charge in [-0.1, -0.05) is 12.1 Å². The van der Waals surface area contributed by atoms with Crippen molar-refractivity contribution in [2.75, 3.05) is 20.2 Å². The molecule has 3 heterocycles. The number of hydrogen-bond acceptors (Lipinski definition) is 6. The third-order valence-electron chi connectivity index (χ3n) is 7.72. The smallest absolute Gasteiger partial charge is 0.239 e. The minimum absolute atomic E-state index is 0.0229. The number of ether oxygens (including phenoxy) is 3. The number of piperidine rings is 1. The van der Waals surface area contributed by atoms with Gasteiger partial charge in [-0.25, -0.2) is 0 Å². The molecule has 0 spiro atoms. The van der Waals surface area contributed by atoms with Crippen molar-refractivity contribution in [3.05, 3.63) is 53.6 Å². The van der Waals surface area contributed by atoms with Crippen LogP contribution >= 0.6 is 0 Å². The first-order chi connectivity index (χ1) is 16.2. The third-order valence-corrected chi connectivity index (χ3v) is 7.72. The summed E-state index contributed by atoms with van der Waals surface area (Å²) in [5, 5.41) is 9.48. The van der Waals surface area contributed by atoms with E-state index in [4.69, 9.17) is 19.9 Å². The van der Waals surface area contributed by atoms with Crippen LogP contribution in [-0.2, 0) is 16.0 Å². The van der Waals surface area contributed by atoms with Crippen LogP contribution in [-0.4, -0.2) is 53.9 Å². The zero-order chi connectivity index (χ0) is 24.0. The van der Waals surface area contributed by atoms with Crippen molar-refractivity contribution < 1.29 is 24.1 Å². The lowest BCUT2D eigenvalue weighted by Gasteiger charge is -2.53. The molecule has 182 valence electrons. The quantitative estimate of drug-likeness (QED) is 0.717. The van der Waals surface area contributed by atoms with Crippen molar-refractivity contribution in [3.8, 4) is 17.2 Å². The SMILES string of the molecule is COc1ccc2c(c1)OC(C)(C)[C@H]1C[C@@H]3CN(C(=O)[C@@H](N)Cc4ccc(O)cc4)CC[C@@H]3O[C@H]21. The van der Waals surface area contributed by atoms with E-state index in [0.29, 0.717) is 19.5 Å². The zero-order valence-corrected chi connectivity index (χ0v) is 20.1. The number of amides is 1. The molecular formula is C27H34N2O5. The van der Waals surface area contributed by atoms with Crippen LogP contribution in [0.15, 0.2) is 42.5 Å². The molecule has 0 aliphatic carbocycles. The molecule has 0 saturated carbocycles. The summed E-state index contributed by atoms with van der Waals surface area (Å²) in [4.78, 5) is 15.1. The van der Waals surface area contributed by atoms with Gasteiger partial charge in [0.1, 0.15) is 22.8 Å². The van der Waals surface area contributed by atoms with Gasteiger partial charge >= 0.3 is 0 Å². The highest BCUT2D eigenvalue weighted by Crippen LogP contribution is 2.53. The second-order valence-electron chi connectivity index (χ2n) is 10.4. The molecule has 3 N–H and O–H groups in total. The number of aromatic hydroxyl groups is 1. The molecule has 2 aromatic rings. The lowest BCUT2D eigenvalue weighted by Crippen LogP contribution is -2.57. The second kappa shape index (κ2) is 8.78. The zero-order valence-electron chi connectivity index (χ0n) is 20.1. The maximum Gasteiger partial charge on any atom is 0.239 e. The van der Waals surface area contributed by atoms with Gasteiger partial charge in [-0.05, 0) is 62.9 Å². The fourth-order valence-corrected chi connectivity index (χ4v) is 5.82. The van der Waals surface area contributed by atoms with Crippen molar-refractivity contribution in [1.29, 1.82) is 0 Å². The number of fused-ring (bicyclic) bond motifs is 4. The number of hydrogen-bond donors (Lipinski definition) is 2. The number of nitrogens with two attached hydrogens (primary N) is 1. The van der Waals surface area contributed by atoms with E-state index in [1.54, 1.807) is 19.2 Å². The van der Waals surface area contributed by atoms with E-state index in [2.05, 4.69) is 19.9 Å². The highest BCUT2D eigenvalue weighted by molar-refractivity contribution is 5.82. The van der Waals surface area contributed by atoms with E-state index in [9.17, 15) is 9.90 Å². The summed E-state index contributed by atoms with van der Waals surface area (Å²) in [7, 11) is 1.66. The van der Waals surface area contributed by atoms with E-state index < -0.39 is 11.6 Å². The van der Waals surface area contributed by atoms with Crippen molar-refractivity contribution in [2.45, 2.75) is 57.0 Å². The lowest BCUT2D eigenvalue weighted by molar-refractivity contribution is -0.189. The van der Waals surface area contributed by atoms with Gasteiger partial charge in [0.25, 0.3) is 0 Å². The molecule has 5 atom stereocenters. The predicted molar refractivity (Wildman–Crippen MR) is 128 cm³/mol. The molecule has 0 bridgehead atoms. The molecule has 0 unspecified atom stereocenters. The van der Waals surface area contributed by atoms with E-state index in [1.807, 2.05) is 29.2 Å². The molecule has 2 fully saturated rings. The number of carbonyl (C=O) groups is 1. The monoisotopic (exact) mass is 466 g/mol. The summed E-state index contributed by atoms with van der Waals surface area (Å²) in [6.45, 7) is 5.55. The summed E-state index contributed by atoms with van der Waals surface area (Å²) >= 11 is 0. The van der Waals surface area contributed by atoms with Crippen molar-refractivity contribution in [2.24, 2.45) is 17.6 Å². The molecule has 3 aliphatic rings. The van der Waals surface area contributed by atoms with Gasteiger partial charge in [-0.2, -0.15) is 0 Å². The van der Waals surface area contributed by atoms with Gasteiger partial charge in [0.05, 0.1) is 25.4 Å². The molecule has 1 amide bonds. The number of likely N-dealkylation sites (tertiary alicyclic amines) is 1. The molecule has 3 aliphatic heterocycles. The molecule has 7 nitrogen and oxygen atoms in total. The maximum absolute atomic E-state index is 13.2. The summed E-state index contributed by atoms with van der Waals surface area (Å²) in [5.41, 5.74) is 7.92. The lowest BCUT2D eigenvalue weighted by atomic mass is 9.70. The Morgan fingerprint density at radius 2 is 2.03 bits per heavy atom. The number of benzene rings is 2. The minimum Gasteiger partial charge on any atom is -0.508 e. The summed E-state index contributed by atoms with van der Waals surface area (Å²) in [6, 6.07) is 12.2. The third kappa shape index (κ3) is 4.23. The molecule has 0 aromatic heterocycles. The summed E-state index contributed by atoms with van der Waals surface area (Å²) < 4.78 is 18.5.